The van der Waals surface area contributed by atoms with Gasteiger partial charge in [0.25, 0.3) is 0 Å². The van der Waals surface area contributed by atoms with Gasteiger partial charge in [-0.25, -0.2) is 0 Å². The van der Waals surface area contributed by atoms with Gasteiger partial charge in [0.05, 0.1) is 0 Å². The molecule has 0 saturated carbocycles. The van der Waals surface area contributed by atoms with Crippen molar-refractivity contribution in [3.05, 3.63) is 57.9 Å². The Morgan fingerprint density at radius 1 is 1.20 bits per heavy atom. The first-order valence-corrected chi connectivity index (χ1v) is 7.86. The van der Waals surface area contributed by atoms with E-state index in [1.165, 1.54) is 27.0 Å². The van der Waals surface area contributed by atoms with E-state index in [2.05, 4.69) is 60.3 Å². The number of benzene rings is 1. The second-order valence-corrected chi connectivity index (χ2v) is 6.32. The van der Waals surface area contributed by atoms with Crippen LogP contribution in [-0.2, 0) is 13.5 Å². The molecule has 20 heavy (non-hydrogen) atoms. The number of para-hydroxylation sites is 1. The van der Waals surface area contributed by atoms with Gasteiger partial charge in [-0.15, -0.1) is 11.3 Å². The fourth-order valence-electron chi connectivity index (χ4n) is 3.04. The number of rotatable bonds is 4. The highest BCUT2D eigenvalue weighted by molar-refractivity contribution is 7.09. The molecule has 2 heterocycles. The van der Waals surface area contributed by atoms with Crippen LogP contribution in [0.15, 0.2) is 41.8 Å². The summed E-state index contributed by atoms with van der Waals surface area (Å²) in [6.45, 7) is 2.89. The lowest BCUT2D eigenvalue weighted by Gasteiger charge is -2.15. The van der Waals surface area contributed by atoms with E-state index in [9.17, 15) is 0 Å². The Morgan fingerprint density at radius 3 is 2.70 bits per heavy atom. The summed E-state index contributed by atoms with van der Waals surface area (Å²) in [4.78, 5) is 1.41. The Bertz CT molecular complexity index is 710. The zero-order chi connectivity index (χ0) is 14.1. The molecule has 0 spiro atoms. The molecule has 0 radical (unpaired) electrons. The molecule has 0 saturated heterocycles. The van der Waals surface area contributed by atoms with E-state index < -0.39 is 0 Å². The van der Waals surface area contributed by atoms with Crippen LogP contribution in [0.5, 0.6) is 0 Å². The van der Waals surface area contributed by atoms with Crippen molar-refractivity contribution in [3.8, 4) is 0 Å². The Labute approximate surface area is 123 Å². The highest BCUT2D eigenvalue weighted by Gasteiger charge is 2.20. The third kappa shape index (κ3) is 2.17. The first-order valence-electron chi connectivity index (χ1n) is 6.98. The minimum atomic E-state index is 0.389. The van der Waals surface area contributed by atoms with Crippen LogP contribution in [0.4, 0.5) is 0 Å². The fourth-order valence-corrected chi connectivity index (χ4v) is 3.83. The Kier molecular flexibility index (Phi) is 3.64. The molecule has 0 aliphatic heterocycles. The molecule has 0 aliphatic carbocycles. The summed E-state index contributed by atoms with van der Waals surface area (Å²) in [6.07, 6.45) is 1.03. The predicted octanol–water partition coefficient (Wildman–Crippen LogP) is 3.83. The monoisotopic (exact) mass is 284 g/mol. The molecule has 0 amide bonds. The van der Waals surface area contributed by atoms with E-state index in [-0.39, 0.29) is 0 Å². The van der Waals surface area contributed by atoms with Gasteiger partial charge in [-0.3, -0.25) is 0 Å². The van der Waals surface area contributed by atoms with Crippen molar-refractivity contribution >= 4 is 22.2 Å². The molecule has 3 heteroatoms. The van der Waals surface area contributed by atoms with Crippen molar-refractivity contribution < 1.29 is 0 Å². The zero-order valence-electron chi connectivity index (χ0n) is 12.0. The van der Waals surface area contributed by atoms with Gasteiger partial charge in [0.15, 0.2) is 0 Å². The molecule has 1 atom stereocenters. The Morgan fingerprint density at radius 2 is 2.00 bits per heavy atom. The van der Waals surface area contributed by atoms with Crippen molar-refractivity contribution in [2.45, 2.75) is 19.3 Å². The molecule has 1 aromatic carbocycles. The van der Waals surface area contributed by atoms with Crippen molar-refractivity contribution in [1.29, 1.82) is 0 Å². The second kappa shape index (κ2) is 5.43. The predicted molar refractivity (Wildman–Crippen MR) is 87.5 cm³/mol. The van der Waals surface area contributed by atoms with Crippen LogP contribution in [-0.4, -0.2) is 11.1 Å². The molecule has 3 aromatic rings. The number of fused-ring (bicyclic) bond motifs is 1. The molecule has 3 rings (SSSR count). The molecule has 2 nitrogen and oxygen atoms in total. The third-order valence-electron chi connectivity index (χ3n) is 4.17. The lowest BCUT2D eigenvalue weighted by atomic mass is 9.92. The van der Waals surface area contributed by atoms with Gasteiger partial charge in [-0.05, 0) is 43.0 Å². The number of thiophene rings is 1. The number of nitrogens with two attached hydrogens (primary N) is 1. The standard InChI is InChI=1S/C17H20N2S/c1-12-17(13(11-18)10-14-6-5-9-20-14)15-7-3-4-8-16(15)19(12)2/h3-9,13H,10-11,18H2,1-2H3. The van der Waals surface area contributed by atoms with E-state index in [1.54, 1.807) is 0 Å². The van der Waals surface area contributed by atoms with Crippen LogP contribution >= 0.6 is 11.3 Å². The molecule has 104 valence electrons. The molecule has 2 N–H and O–H groups in total. The van der Waals surface area contributed by atoms with E-state index in [0.717, 1.165) is 6.42 Å². The summed E-state index contributed by atoms with van der Waals surface area (Å²) >= 11 is 1.82. The number of aromatic nitrogens is 1. The van der Waals surface area contributed by atoms with Crippen LogP contribution in [0.3, 0.4) is 0 Å². The molecule has 1 unspecified atom stereocenters. The van der Waals surface area contributed by atoms with E-state index in [0.29, 0.717) is 12.5 Å². The SMILES string of the molecule is Cc1c(C(CN)Cc2cccs2)c2ccccc2n1C. The van der Waals surface area contributed by atoms with Crippen molar-refractivity contribution in [2.24, 2.45) is 12.8 Å². The smallest absolute Gasteiger partial charge is 0.0482 e. The summed E-state index contributed by atoms with van der Waals surface area (Å²) < 4.78 is 2.28. The van der Waals surface area contributed by atoms with E-state index in [4.69, 9.17) is 5.73 Å². The van der Waals surface area contributed by atoms with Crippen LogP contribution in [0.25, 0.3) is 10.9 Å². The quantitative estimate of drug-likeness (QED) is 0.775. The summed E-state index contributed by atoms with van der Waals surface area (Å²) in [6, 6.07) is 12.9. The topological polar surface area (TPSA) is 30.9 Å². The van der Waals surface area contributed by atoms with Crippen molar-refractivity contribution in [1.82, 2.24) is 4.57 Å². The lowest BCUT2D eigenvalue weighted by Crippen LogP contribution is -2.15. The molecule has 0 bridgehead atoms. The van der Waals surface area contributed by atoms with Gasteiger partial charge in [0.1, 0.15) is 0 Å². The van der Waals surface area contributed by atoms with Crippen LogP contribution < -0.4 is 5.73 Å². The number of hydrogen-bond acceptors (Lipinski definition) is 2. The lowest BCUT2D eigenvalue weighted by molar-refractivity contribution is 0.695. The molecule has 0 fully saturated rings. The highest BCUT2D eigenvalue weighted by atomic mass is 32.1. The summed E-state index contributed by atoms with van der Waals surface area (Å²) in [7, 11) is 2.14. The molecule has 0 aliphatic rings. The minimum Gasteiger partial charge on any atom is -0.348 e. The van der Waals surface area contributed by atoms with Crippen molar-refractivity contribution in [2.75, 3.05) is 6.54 Å². The average molecular weight is 284 g/mol. The van der Waals surface area contributed by atoms with Crippen LogP contribution in [0.2, 0.25) is 0 Å². The normalized spacial score (nSPS) is 12.9. The van der Waals surface area contributed by atoms with Crippen LogP contribution in [0, 0.1) is 6.92 Å². The van der Waals surface area contributed by atoms with E-state index >= 15 is 0 Å². The fraction of sp³-hybridized carbons (Fsp3) is 0.294. The van der Waals surface area contributed by atoms with Gasteiger partial charge in [0, 0.05) is 34.4 Å². The van der Waals surface area contributed by atoms with Crippen molar-refractivity contribution in [3.63, 3.8) is 0 Å². The second-order valence-electron chi connectivity index (χ2n) is 5.29. The van der Waals surface area contributed by atoms with Gasteiger partial charge < -0.3 is 10.3 Å². The minimum absolute atomic E-state index is 0.389. The summed E-state index contributed by atoms with van der Waals surface area (Å²) in [5.41, 5.74) is 10.1. The van der Waals surface area contributed by atoms with Gasteiger partial charge in [-0.1, -0.05) is 24.3 Å². The highest BCUT2D eigenvalue weighted by Crippen LogP contribution is 2.33. The molecular formula is C17H20N2S. The third-order valence-corrected chi connectivity index (χ3v) is 5.07. The van der Waals surface area contributed by atoms with E-state index in [1.807, 2.05) is 11.3 Å². The average Bonchev–Trinajstić information content (AvgIpc) is 3.06. The van der Waals surface area contributed by atoms with Gasteiger partial charge >= 0.3 is 0 Å². The largest absolute Gasteiger partial charge is 0.348 e. The summed E-state index contributed by atoms with van der Waals surface area (Å²) in [5.74, 6) is 0.389. The number of aryl methyl sites for hydroxylation is 1. The maximum Gasteiger partial charge on any atom is 0.0482 e. The Balaban J connectivity index is 2.09. The van der Waals surface area contributed by atoms with Gasteiger partial charge in [-0.2, -0.15) is 0 Å². The molecule has 2 aromatic heterocycles. The summed E-state index contributed by atoms with van der Waals surface area (Å²) in [5, 5.41) is 3.48. The number of nitrogens with zero attached hydrogens (tertiary/aromatic N) is 1. The van der Waals surface area contributed by atoms with Crippen LogP contribution in [0.1, 0.15) is 22.1 Å². The number of hydrogen-bond donors (Lipinski definition) is 1. The maximum atomic E-state index is 6.09. The van der Waals surface area contributed by atoms with Gasteiger partial charge in [0.2, 0.25) is 0 Å². The maximum absolute atomic E-state index is 6.09. The first kappa shape index (κ1) is 13.4. The molecular weight excluding hydrogens is 264 g/mol. The first-order chi connectivity index (χ1) is 9.72. The zero-order valence-corrected chi connectivity index (χ0v) is 12.8. The Hall–Kier alpha value is -1.58.